The molecule has 4 aromatic rings. The molecular weight excluding hydrogens is 558 g/mol. The molecule has 0 saturated heterocycles. The number of rotatable bonds is 8. The average molecular weight is 586 g/mol. The molecule has 42 heavy (non-hydrogen) atoms. The number of nitrogens with one attached hydrogen (secondary N) is 3. The second-order valence-electron chi connectivity index (χ2n) is 9.47. The van der Waals surface area contributed by atoms with Crippen LogP contribution in [0.15, 0.2) is 65.1 Å². The molecule has 8 nitrogen and oxygen atoms in total. The van der Waals surface area contributed by atoms with Gasteiger partial charge in [0.1, 0.15) is 17.2 Å². The summed E-state index contributed by atoms with van der Waals surface area (Å²) in [5, 5.41) is 7.94. The summed E-state index contributed by atoms with van der Waals surface area (Å²) in [6.45, 7) is 2.86. The Morgan fingerprint density at radius 2 is 1.64 bits per heavy atom. The van der Waals surface area contributed by atoms with Crippen molar-refractivity contribution in [2.45, 2.75) is 25.6 Å². The van der Waals surface area contributed by atoms with Crippen molar-refractivity contribution in [2.24, 2.45) is 0 Å². The second kappa shape index (κ2) is 11.6. The Morgan fingerprint density at radius 1 is 0.952 bits per heavy atom. The van der Waals surface area contributed by atoms with Crippen LogP contribution in [0.3, 0.4) is 0 Å². The zero-order valence-electron chi connectivity index (χ0n) is 23.0. The van der Waals surface area contributed by atoms with Crippen molar-refractivity contribution >= 4 is 34.4 Å². The van der Waals surface area contributed by atoms with Gasteiger partial charge in [0.15, 0.2) is 0 Å². The average Bonchev–Trinajstić information content (AvgIpc) is 3.34. The lowest BCUT2D eigenvalue weighted by Crippen LogP contribution is -2.62. The zero-order valence-corrected chi connectivity index (χ0v) is 23.0. The Balaban J connectivity index is 1.86. The number of hydrogen-bond acceptors (Lipinski definition) is 6. The molecule has 0 saturated carbocycles. The molecule has 3 aromatic carbocycles. The number of furan rings is 1. The molecule has 220 valence electrons. The van der Waals surface area contributed by atoms with E-state index in [0.717, 1.165) is 7.11 Å². The summed E-state index contributed by atoms with van der Waals surface area (Å²) in [6.07, 6.45) is -5.13. The van der Waals surface area contributed by atoms with Crippen molar-refractivity contribution in [2.75, 3.05) is 26.0 Å². The fraction of sp³-hybridized carbons (Fsp3) is 0.233. The predicted molar refractivity (Wildman–Crippen MR) is 149 cm³/mol. The summed E-state index contributed by atoms with van der Waals surface area (Å²) in [5.74, 6) is -3.53. The smallest absolute Gasteiger partial charge is 0.422 e. The molecule has 0 radical (unpaired) electrons. The molecule has 0 spiro atoms. The van der Waals surface area contributed by atoms with Gasteiger partial charge in [0.05, 0.1) is 12.7 Å². The van der Waals surface area contributed by atoms with Crippen LogP contribution in [0.1, 0.15) is 34.6 Å². The third-order valence-electron chi connectivity index (χ3n) is 6.72. The molecule has 0 bridgehead atoms. The Bertz CT molecular complexity index is 1660. The van der Waals surface area contributed by atoms with Crippen LogP contribution in [0.5, 0.6) is 0 Å². The van der Waals surface area contributed by atoms with Crippen molar-refractivity contribution in [3.05, 3.63) is 77.6 Å². The van der Waals surface area contributed by atoms with Crippen LogP contribution in [0, 0.1) is 5.82 Å². The lowest BCUT2D eigenvalue weighted by molar-refractivity contribution is -0.205. The molecule has 12 heteroatoms. The minimum Gasteiger partial charge on any atom is -0.467 e. The number of halogens is 4. The van der Waals surface area contributed by atoms with Crippen LogP contribution in [0.4, 0.5) is 23.2 Å². The van der Waals surface area contributed by atoms with E-state index in [2.05, 4.69) is 15.4 Å². The minimum absolute atomic E-state index is 0.153. The first kappa shape index (κ1) is 30.1. The number of anilines is 1. The van der Waals surface area contributed by atoms with E-state index < -0.39 is 35.3 Å². The van der Waals surface area contributed by atoms with Gasteiger partial charge in [-0.2, -0.15) is 13.2 Å². The topological polar surface area (TPSA) is 110 Å². The van der Waals surface area contributed by atoms with E-state index in [0.29, 0.717) is 46.8 Å². The number of carbonyl (C=O) groups excluding carboxylic acids is 3. The van der Waals surface area contributed by atoms with Gasteiger partial charge in [-0.3, -0.25) is 9.59 Å². The van der Waals surface area contributed by atoms with Crippen LogP contribution in [-0.4, -0.2) is 50.2 Å². The van der Waals surface area contributed by atoms with Crippen LogP contribution in [0.25, 0.3) is 33.4 Å². The van der Waals surface area contributed by atoms with Crippen LogP contribution >= 0.6 is 0 Å². The summed E-state index contributed by atoms with van der Waals surface area (Å²) in [4.78, 5) is 38.0. The van der Waals surface area contributed by atoms with Gasteiger partial charge in [-0.15, -0.1) is 0 Å². The quantitative estimate of drug-likeness (QED) is 0.175. The number of fused-ring (bicyclic) bond motifs is 1. The van der Waals surface area contributed by atoms with Crippen molar-refractivity contribution in [1.82, 2.24) is 10.6 Å². The number of esters is 1. The fourth-order valence-electron chi connectivity index (χ4n) is 4.44. The highest BCUT2D eigenvalue weighted by atomic mass is 19.4. The van der Waals surface area contributed by atoms with E-state index in [9.17, 15) is 31.9 Å². The highest BCUT2D eigenvalue weighted by molar-refractivity contribution is 6.13. The van der Waals surface area contributed by atoms with Crippen molar-refractivity contribution in [3.8, 4) is 22.5 Å². The van der Waals surface area contributed by atoms with E-state index in [4.69, 9.17) is 4.42 Å². The molecule has 0 aliphatic rings. The Hall–Kier alpha value is -4.87. The molecule has 1 heterocycles. The first-order chi connectivity index (χ1) is 19.8. The maximum absolute atomic E-state index is 13.7. The third-order valence-corrected chi connectivity index (χ3v) is 6.72. The van der Waals surface area contributed by atoms with Gasteiger partial charge in [-0.05, 0) is 61.9 Å². The molecule has 2 amide bonds. The number of ether oxygens (including phenoxy) is 1. The lowest BCUT2D eigenvalue weighted by Gasteiger charge is -2.30. The molecule has 1 unspecified atom stereocenters. The van der Waals surface area contributed by atoms with Gasteiger partial charge in [-0.25, -0.2) is 9.18 Å². The molecule has 0 aliphatic carbocycles. The fourth-order valence-corrected chi connectivity index (χ4v) is 4.44. The van der Waals surface area contributed by atoms with E-state index >= 15 is 0 Å². The van der Waals surface area contributed by atoms with Gasteiger partial charge in [0.25, 0.3) is 11.8 Å². The Morgan fingerprint density at radius 3 is 2.24 bits per heavy atom. The molecule has 1 atom stereocenters. The molecule has 0 aliphatic heterocycles. The molecule has 1 aromatic heterocycles. The first-order valence-electron chi connectivity index (χ1n) is 12.7. The zero-order chi connectivity index (χ0) is 30.8. The highest BCUT2D eigenvalue weighted by Gasteiger charge is 2.59. The third kappa shape index (κ3) is 5.52. The molecular formula is C30H27F4N3O5. The molecule has 0 fully saturated rings. The summed E-state index contributed by atoms with van der Waals surface area (Å²) in [6, 6.07) is 14.6. The first-order valence-corrected chi connectivity index (χ1v) is 12.7. The lowest BCUT2D eigenvalue weighted by atomic mass is 9.96. The Kier molecular flexibility index (Phi) is 8.28. The maximum Gasteiger partial charge on any atom is 0.422 e. The number of benzene rings is 3. The molecule has 4 rings (SSSR count). The monoisotopic (exact) mass is 585 g/mol. The van der Waals surface area contributed by atoms with Gasteiger partial charge >= 0.3 is 12.1 Å². The van der Waals surface area contributed by atoms with E-state index in [-0.39, 0.29) is 16.9 Å². The van der Waals surface area contributed by atoms with Crippen molar-refractivity contribution in [3.63, 3.8) is 0 Å². The van der Waals surface area contributed by atoms with Crippen molar-refractivity contribution < 1.29 is 41.1 Å². The summed E-state index contributed by atoms with van der Waals surface area (Å²) >= 11 is 0. The Labute approximate surface area is 238 Å². The van der Waals surface area contributed by atoms with Gasteiger partial charge < -0.3 is 25.1 Å². The normalized spacial score (nSPS) is 12.9. The van der Waals surface area contributed by atoms with E-state index in [1.54, 1.807) is 23.5 Å². The van der Waals surface area contributed by atoms with Gasteiger partial charge in [0.2, 0.25) is 5.54 Å². The second-order valence-corrected chi connectivity index (χ2v) is 9.47. The highest BCUT2D eigenvalue weighted by Crippen LogP contribution is 2.40. The minimum atomic E-state index is -5.13. The molecule has 3 N–H and O–H groups in total. The van der Waals surface area contributed by atoms with Crippen LogP contribution < -0.4 is 16.0 Å². The van der Waals surface area contributed by atoms with Gasteiger partial charge in [-0.1, -0.05) is 12.1 Å². The number of hydrogen-bond donors (Lipinski definition) is 3. The van der Waals surface area contributed by atoms with Gasteiger partial charge in [0, 0.05) is 47.4 Å². The number of alkyl halides is 3. The van der Waals surface area contributed by atoms with Crippen molar-refractivity contribution in [1.29, 1.82) is 0 Å². The standard InChI is InChI=1S/C30H27F4N3O5/c1-5-36-22-15-23-21(24(27(39)35-3)25(42-23)16-9-11-19(31)12-10-16)14-20(22)17-7-6-8-18(13-17)26(38)37-29(2,28(40)41-4)30(32,33)34/h6-15,36H,5H2,1-4H3,(H,35,39)(H,37,38). The SMILES string of the molecule is CCNc1cc2oc(-c3ccc(F)cc3)c(C(=O)NC)c2cc1-c1cccc(C(=O)NC(C)(C(=O)OC)C(F)(F)F)c1. The number of amides is 2. The van der Waals surface area contributed by atoms with E-state index in [1.807, 2.05) is 6.92 Å². The summed E-state index contributed by atoms with van der Waals surface area (Å²) < 4.78 is 65.2. The summed E-state index contributed by atoms with van der Waals surface area (Å²) in [5.41, 5.74) is -0.924. The van der Waals surface area contributed by atoms with Crippen LogP contribution in [0.2, 0.25) is 0 Å². The maximum atomic E-state index is 13.7. The number of methoxy groups -OCH3 is 1. The van der Waals surface area contributed by atoms with E-state index in [1.165, 1.54) is 49.5 Å². The summed E-state index contributed by atoms with van der Waals surface area (Å²) in [7, 11) is 2.25. The number of carbonyl (C=O) groups is 3. The largest absolute Gasteiger partial charge is 0.467 e. The predicted octanol–water partition coefficient (Wildman–Crippen LogP) is 5.92. The van der Waals surface area contributed by atoms with Crippen LogP contribution in [-0.2, 0) is 9.53 Å².